The highest BCUT2D eigenvalue weighted by Crippen LogP contribution is 2.47. The number of nitrogens with two attached hydrogens (primary N) is 1. The summed E-state index contributed by atoms with van der Waals surface area (Å²) in [6.07, 6.45) is -0.234. The highest BCUT2D eigenvalue weighted by Gasteiger charge is 2.30. The molecule has 3 N–H and O–H groups in total. The number of aromatic nitrogens is 2. The molecule has 0 saturated carbocycles. The second-order valence-electron chi connectivity index (χ2n) is 5.70. The van der Waals surface area contributed by atoms with E-state index in [1.165, 1.54) is 0 Å². The minimum Gasteiger partial charge on any atom is -0.396 e. The monoisotopic (exact) mass is 422 g/mol. The van der Waals surface area contributed by atoms with Crippen LogP contribution >= 0.6 is 11.9 Å². The zero-order chi connectivity index (χ0) is 22.5. The van der Waals surface area contributed by atoms with Crippen molar-refractivity contribution in [2.24, 2.45) is 9.39 Å². The number of nitrogens with one attached hydrogen (secondary N) is 1. The van der Waals surface area contributed by atoms with E-state index >= 15 is 0 Å². The van der Waals surface area contributed by atoms with Gasteiger partial charge in [0.25, 0.3) is 0 Å². The molecule has 31 heavy (non-hydrogen) atoms. The van der Waals surface area contributed by atoms with Crippen molar-refractivity contribution in [3.05, 3.63) is 11.4 Å². The summed E-state index contributed by atoms with van der Waals surface area (Å²) in [6, 6.07) is 9.79. The Morgan fingerprint density at radius 3 is 2.26 bits per heavy atom. The van der Waals surface area contributed by atoms with Gasteiger partial charge in [0.1, 0.15) is 46.7 Å². The average Bonchev–Trinajstić information content (AvgIpc) is 2.81. The quantitative estimate of drug-likeness (QED) is 0.410. The van der Waals surface area contributed by atoms with Crippen LogP contribution in [-0.2, 0) is 0 Å². The predicted molar refractivity (Wildman–Crippen MR) is 108 cm³/mol. The van der Waals surface area contributed by atoms with E-state index in [4.69, 9.17) is 16.3 Å². The number of rotatable bonds is 3. The van der Waals surface area contributed by atoms with Crippen LogP contribution in [-0.4, -0.2) is 27.4 Å². The first-order chi connectivity index (χ1) is 15.0. The van der Waals surface area contributed by atoms with Crippen molar-refractivity contribution < 1.29 is 0 Å². The molecule has 0 saturated heterocycles. The summed E-state index contributed by atoms with van der Waals surface area (Å²) < 4.78 is 4.00. The minimum absolute atomic E-state index is 0.00466. The molecule has 144 valence electrons. The van der Waals surface area contributed by atoms with E-state index in [1.807, 2.05) is 18.2 Å². The van der Waals surface area contributed by atoms with Crippen molar-refractivity contribution in [1.82, 2.24) is 9.97 Å². The average molecular weight is 422 g/mol. The van der Waals surface area contributed by atoms with E-state index in [0.29, 0.717) is 0 Å². The molecule has 12 nitrogen and oxygen atoms in total. The zero-order valence-corrected chi connectivity index (χ0v) is 16.1. The first-order valence-corrected chi connectivity index (χ1v) is 8.93. The topological polar surface area (TPSA) is 231 Å². The van der Waals surface area contributed by atoms with E-state index in [9.17, 15) is 21.0 Å². The van der Waals surface area contributed by atoms with Crippen molar-refractivity contribution in [3.8, 4) is 36.4 Å². The molecule has 1 atom stereocenters. The van der Waals surface area contributed by atoms with Crippen LogP contribution in [0.3, 0.4) is 0 Å². The number of aliphatic imine (C=N–C) groups is 1. The number of fused-ring (bicyclic) bond motifs is 3. The SMILES string of the molecule is N#CC/C(C#N)=N\Sc1c(N)c2c(c3nc(C#N)c(C#N)nc13)NC(C#N)C(C#N)=N2. The molecule has 1 aliphatic heterocycles. The lowest BCUT2D eigenvalue weighted by Gasteiger charge is -2.22. The number of nitrogens with zero attached hydrogens (tertiary/aromatic N) is 10. The van der Waals surface area contributed by atoms with Crippen LogP contribution < -0.4 is 11.1 Å². The summed E-state index contributed by atoms with van der Waals surface area (Å²) in [5.41, 5.74) is 5.92. The number of nitrogen functional groups attached to an aromatic ring is 1. The van der Waals surface area contributed by atoms with Gasteiger partial charge in [-0.05, 0) is 0 Å². The maximum absolute atomic E-state index is 9.33. The molecule has 0 fully saturated rings. The van der Waals surface area contributed by atoms with Gasteiger partial charge in [-0.25, -0.2) is 19.4 Å². The van der Waals surface area contributed by atoms with E-state index in [-0.39, 0.29) is 62.2 Å². The van der Waals surface area contributed by atoms with Gasteiger partial charge in [-0.3, -0.25) is 0 Å². The Balaban J connectivity index is 2.41. The molecule has 13 heteroatoms. The summed E-state index contributed by atoms with van der Waals surface area (Å²) in [7, 11) is 0. The number of benzene rings is 1. The third-order valence-corrected chi connectivity index (χ3v) is 4.86. The zero-order valence-electron chi connectivity index (χ0n) is 15.2. The molecule has 1 aromatic carbocycles. The maximum Gasteiger partial charge on any atom is 0.177 e. The summed E-state index contributed by atoms with van der Waals surface area (Å²) >= 11 is 0.720. The standard InChI is InChI=1S/C18H6N12S/c19-2-1-8(3-20)30-31-18-13(25)14-15(27-10(5-22)9(4-21)26-14)16-17(18)29-12(7-24)11(6-23)28-16/h10,27H,1,25H2/b30-8+. The number of hydrogen-bond acceptors (Lipinski definition) is 13. The molecule has 0 aliphatic carbocycles. The first kappa shape index (κ1) is 20.5. The van der Waals surface area contributed by atoms with Crippen molar-refractivity contribution in [1.29, 1.82) is 31.6 Å². The van der Waals surface area contributed by atoms with Crippen molar-refractivity contribution in [2.75, 3.05) is 11.1 Å². The summed E-state index contributed by atoms with van der Waals surface area (Å²) in [5.74, 6) is 0. The van der Waals surface area contributed by atoms with Crippen LogP contribution in [0, 0.1) is 68.0 Å². The Hall–Kier alpha value is -5.21. The Morgan fingerprint density at radius 1 is 1.03 bits per heavy atom. The Morgan fingerprint density at radius 2 is 1.71 bits per heavy atom. The van der Waals surface area contributed by atoms with Crippen molar-refractivity contribution >= 4 is 51.5 Å². The fourth-order valence-electron chi connectivity index (χ4n) is 2.60. The largest absolute Gasteiger partial charge is 0.396 e. The van der Waals surface area contributed by atoms with Gasteiger partial charge in [0, 0.05) is 11.9 Å². The van der Waals surface area contributed by atoms with Gasteiger partial charge in [0.15, 0.2) is 23.1 Å². The lowest BCUT2D eigenvalue weighted by molar-refractivity contribution is 1.12. The fraction of sp³-hybridized carbons (Fsp3) is 0.111. The van der Waals surface area contributed by atoms with Gasteiger partial charge in [0.2, 0.25) is 0 Å². The molecule has 2 aromatic rings. The first-order valence-electron chi connectivity index (χ1n) is 8.16. The molecule has 0 bridgehead atoms. The third kappa shape index (κ3) is 3.48. The van der Waals surface area contributed by atoms with Crippen LogP contribution in [0.25, 0.3) is 11.0 Å². The van der Waals surface area contributed by atoms with Crippen LogP contribution in [0.5, 0.6) is 0 Å². The number of hydrogen-bond donors (Lipinski definition) is 2. The summed E-state index contributed by atoms with van der Waals surface area (Å²) in [4.78, 5) is 12.7. The van der Waals surface area contributed by atoms with E-state index in [2.05, 4.69) is 24.7 Å². The Bertz CT molecular complexity index is 1440. The second kappa shape index (κ2) is 8.43. The fourth-order valence-corrected chi connectivity index (χ4v) is 3.33. The Kier molecular flexibility index (Phi) is 5.58. The Labute approximate surface area is 178 Å². The molecule has 1 aromatic heterocycles. The lowest BCUT2D eigenvalue weighted by atomic mass is 10.1. The van der Waals surface area contributed by atoms with Crippen molar-refractivity contribution in [3.63, 3.8) is 0 Å². The molecule has 2 heterocycles. The highest BCUT2D eigenvalue weighted by atomic mass is 32.2. The molecule has 0 radical (unpaired) electrons. The molecular weight excluding hydrogens is 416 g/mol. The molecule has 1 aliphatic rings. The molecular formula is C18H6N12S. The van der Waals surface area contributed by atoms with Crippen LogP contribution in [0.15, 0.2) is 14.3 Å². The summed E-state index contributed by atoms with van der Waals surface area (Å²) in [6.45, 7) is 0. The predicted octanol–water partition coefficient (Wildman–Crippen LogP) is 1.75. The normalized spacial score (nSPS) is 14.3. The lowest BCUT2D eigenvalue weighted by Crippen LogP contribution is -2.30. The van der Waals surface area contributed by atoms with Gasteiger partial charge in [-0.1, -0.05) is 0 Å². The maximum atomic E-state index is 9.33. The van der Waals surface area contributed by atoms with Crippen molar-refractivity contribution in [2.45, 2.75) is 17.4 Å². The van der Waals surface area contributed by atoms with Gasteiger partial charge >= 0.3 is 0 Å². The molecule has 1 unspecified atom stereocenters. The minimum atomic E-state index is -1.08. The number of anilines is 2. The van der Waals surface area contributed by atoms with Gasteiger partial charge in [-0.15, -0.1) is 0 Å². The third-order valence-electron chi connectivity index (χ3n) is 3.96. The molecule has 3 rings (SSSR count). The van der Waals surface area contributed by atoms with Crippen LogP contribution in [0.1, 0.15) is 17.8 Å². The second-order valence-corrected chi connectivity index (χ2v) is 6.47. The van der Waals surface area contributed by atoms with E-state index in [0.717, 1.165) is 11.9 Å². The molecule has 0 spiro atoms. The van der Waals surface area contributed by atoms with Gasteiger partial charge < -0.3 is 11.1 Å². The number of nitriles is 6. The van der Waals surface area contributed by atoms with Gasteiger partial charge in [0.05, 0.1) is 34.8 Å². The van der Waals surface area contributed by atoms with Crippen LogP contribution in [0.2, 0.25) is 0 Å². The van der Waals surface area contributed by atoms with Crippen LogP contribution in [0.4, 0.5) is 17.1 Å². The van der Waals surface area contributed by atoms with E-state index < -0.39 is 6.04 Å². The summed E-state index contributed by atoms with van der Waals surface area (Å²) in [5, 5.41) is 58.0. The smallest absolute Gasteiger partial charge is 0.177 e. The van der Waals surface area contributed by atoms with Gasteiger partial charge in [-0.2, -0.15) is 31.6 Å². The highest BCUT2D eigenvalue weighted by molar-refractivity contribution is 7.98. The van der Waals surface area contributed by atoms with E-state index in [1.54, 1.807) is 18.2 Å². The molecule has 0 amide bonds.